The van der Waals surface area contributed by atoms with Crippen molar-refractivity contribution in [3.8, 4) is 11.5 Å². The maximum atomic E-state index is 12.1. The molecule has 1 fully saturated rings. The van der Waals surface area contributed by atoms with Gasteiger partial charge in [0.15, 0.2) is 0 Å². The smallest absolute Gasteiger partial charge is 0.342 e. The van der Waals surface area contributed by atoms with Crippen LogP contribution in [0.2, 0.25) is 0 Å². The van der Waals surface area contributed by atoms with Crippen LogP contribution >= 0.6 is 0 Å². The molecule has 3 unspecified atom stereocenters. The Hall–Kier alpha value is -3.02. The van der Waals surface area contributed by atoms with E-state index in [0.29, 0.717) is 18.4 Å². The zero-order valence-corrected chi connectivity index (χ0v) is 23.0. The average Bonchev–Trinajstić information content (AvgIpc) is 2.83. The number of esters is 2. The number of phenols is 2. The second kappa shape index (κ2) is 14.7. The highest BCUT2D eigenvalue weighted by molar-refractivity contribution is 5.92. The van der Waals surface area contributed by atoms with Crippen molar-refractivity contribution in [1.29, 1.82) is 0 Å². The van der Waals surface area contributed by atoms with Crippen LogP contribution in [0, 0.1) is 17.3 Å². The Kier molecular flexibility index (Phi) is 12.0. The van der Waals surface area contributed by atoms with E-state index in [-0.39, 0.29) is 34.1 Å². The Labute approximate surface area is 222 Å². The van der Waals surface area contributed by atoms with E-state index in [9.17, 15) is 19.8 Å². The van der Waals surface area contributed by atoms with Crippen molar-refractivity contribution in [3.05, 3.63) is 59.7 Å². The molecule has 0 aromatic heterocycles. The minimum Gasteiger partial charge on any atom is -0.507 e. The third-order valence-electron chi connectivity index (χ3n) is 6.86. The Morgan fingerprint density at radius 2 is 1.51 bits per heavy atom. The summed E-state index contributed by atoms with van der Waals surface area (Å²) in [7, 11) is 0. The van der Waals surface area contributed by atoms with Gasteiger partial charge in [-0.1, -0.05) is 78.1 Å². The summed E-state index contributed by atoms with van der Waals surface area (Å²) >= 11 is 0. The molecule has 6 heteroatoms. The van der Waals surface area contributed by atoms with Gasteiger partial charge < -0.3 is 19.7 Å². The number of rotatable bonds is 9. The first kappa shape index (κ1) is 30.2. The molecule has 3 rings (SSSR count). The van der Waals surface area contributed by atoms with E-state index in [2.05, 4.69) is 34.6 Å². The quantitative estimate of drug-likeness (QED) is 0.337. The molecule has 0 bridgehead atoms. The largest absolute Gasteiger partial charge is 0.507 e. The van der Waals surface area contributed by atoms with Crippen LogP contribution in [0.4, 0.5) is 0 Å². The second-order valence-corrected chi connectivity index (χ2v) is 11.0. The molecule has 1 aliphatic rings. The number of hydrogen-bond donors (Lipinski definition) is 2. The van der Waals surface area contributed by atoms with E-state index in [1.165, 1.54) is 12.1 Å². The monoisotopic (exact) mass is 512 g/mol. The molecule has 0 spiro atoms. The molecule has 0 heterocycles. The van der Waals surface area contributed by atoms with Gasteiger partial charge in [-0.05, 0) is 67.2 Å². The van der Waals surface area contributed by atoms with E-state index >= 15 is 0 Å². The number of unbranched alkanes of at least 4 members (excludes halogenated alkanes) is 1. The minimum absolute atomic E-state index is 0.0179. The number of hydrogen-bond acceptors (Lipinski definition) is 6. The van der Waals surface area contributed by atoms with Crippen molar-refractivity contribution in [2.75, 3.05) is 6.61 Å². The molecular weight excluding hydrogens is 468 g/mol. The van der Waals surface area contributed by atoms with Crippen LogP contribution in [-0.4, -0.2) is 34.9 Å². The van der Waals surface area contributed by atoms with Crippen LogP contribution in [-0.2, 0) is 9.47 Å². The van der Waals surface area contributed by atoms with Crippen molar-refractivity contribution >= 4 is 11.9 Å². The number of carbonyl (C=O) groups excluding carboxylic acids is 2. The van der Waals surface area contributed by atoms with Gasteiger partial charge in [-0.3, -0.25) is 0 Å². The summed E-state index contributed by atoms with van der Waals surface area (Å²) < 4.78 is 10.8. The lowest BCUT2D eigenvalue weighted by Crippen LogP contribution is -2.34. The van der Waals surface area contributed by atoms with Gasteiger partial charge >= 0.3 is 11.9 Å². The van der Waals surface area contributed by atoms with Gasteiger partial charge in [0.05, 0.1) is 6.61 Å². The highest BCUT2D eigenvalue weighted by Gasteiger charge is 2.34. The molecule has 2 aromatic rings. The molecule has 0 amide bonds. The molecule has 2 N–H and O–H groups in total. The molecule has 2 aromatic carbocycles. The molecule has 3 atom stereocenters. The van der Waals surface area contributed by atoms with Crippen molar-refractivity contribution in [1.82, 2.24) is 0 Å². The molecular formula is C31H44O6. The van der Waals surface area contributed by atoms with Gasteiger partial charge in [0, 0.05) is 0 Å². The summed E-state index contributed by atoms with van der Waals surface area (Å²) in [6, 6.07) is 13.0. The number of benzene rings is 2. The molecule has 6 nitrogen and oxygen atoms in total. The standard InChI is InChI=1S/C16H22O3.C15H22O3/c1-11-8-12(10-16(2,3)9-11)19-15(18)13-6-4-5-7-14(13)17;1-3-5-8-12(4-2)11-18-15(17)13-9-6-7-10-14(13)16/h4-7,11-12,17H,8-10H2,1-3H3;6-7,9-10,12,16H,3-5,8,11H2,1-2H3. The first-order valence-corrected chi connectivity index (χ1v) is 13.5. The fourth-order valence-corrected chi connectivity index (χ4v) is 5.02. The SMILES string of the molecule is CC1CC(OC(=O)c2ccccc2O)CC(C)(C)C1.CCCCC(CC)COC(=O)c1ccccc1O. The fourth-order valence-electron chi connectivity index (χ4n) is 5.02. The zero-order chi connectivity index (χ0) is 27.4. The molecule has 0 aliphatic heterocycles. The molecule has 204 valence electrons. The lowest BCUT2D eigenvalue weighted by molar-refractivity contribution is -0.00736. The summed E-state index contributed by atoms with van der Waals surface area (Å²) in [5.74, 6) is 0.0708. The van der Waals surface area contributed by atoms with Crippen molar-refractivity contribution < 1.29 is 29.3 Å². The van der Waals surface area contributed by atoms with E-state index in [0.717, 1.165) is 44.9 Å². The number of aromatic hydroxyl groups is 2. The van der Waals surface area contributed by atoms with Crippen LogP contribution in [0.5, 0.6) is 11.5 Å². The highest BCUT2D eigenvalue weighted by Crippen LogP contribution is 2.40. The summed E-state index contributed by atoms with van der Waals surface area (Å²) in [6.45, 7) is 11.3. The highest BCUT2D eigenvalue weighted by atomic mass is 16.5. The summed E-state index contributed by atoms with van der Waals surface area (Å²) in [5, 5.41) is 19.2. The summed E-state index contributed by atoms with van der Waals surface area (Å²) in [4.78, 5) is 23.8. The van der Waals surface area contributed by atoms with Gasteiger partial charge in [-0.15, -0.1) is 0 Å². The summed E-state index contributed by atoms with van der Waals surface area (Å²) in [6.07, 6.45) is 7.31. The Morgan fingerprint density at radius 3 is 2.03 bits per heavy atom. The maximum absolute atomic E-state index is 12.1. The molecule has 0 radical (unpaired) electrons. The number of ether oxygens (including phenoxy) is 2. The number of para-hydroxylation sites is 2. The van der Waals surface area contributed by atoms with Crippen LogP contribution in [0.15, 0.2) is 48.5 Å². The van der Waals surface area contributed by atoms with Gasteiger partial charge in [0.25, 0.3) is 0 Å². The third kappa shape index (κ3) is 10.1. The zero-order valence-electron chi connectivity index (χ0n) is 23.0. The van der Waals surface area contributed by atoms with E-state index < -0.39 is 11.9 Å². The van der Waals surface area contributed by atoms with Gasteiger partial charge in [-0.25, -0.2) is 9.59 Å². The normalized spacial score (nSPS) is 19.2. The van der Waals surface area contributed by atoms with E-state index in [1.807, 2.05) is 0 Å². The predicted octanol–water partition coefficient (Wildman–Crippen LogP) is 7.53. The second-order valence-electron chi connectivity index (χ2n) is 11.0. The van der Waals surface area contributed by atoms with Crippen molar-refractivity contribution in [2.24, 2.45) is 17.3 Å². The van der Waals surface area contributed by atoms with Crippen LogP contribution in [0.1, 0.15) is 100 Å². The lowest BCUT2D eigenvalue weighted by atomic mass is 9.71. The number of carbonyl (C=O) groups is 2. The van der Waals surface area contributed by atoms with Gasteiger partial charge in [-0.2, -0.15) is 0 Å². The predicted molar refractivity (Wildman–Crippen MR) is 146 cm³/mol. The maximum Gasteiger partial charge on any atom is 0.342 e. The summed E-state index contributed by atoms with van der Waals surface area (Å²) in [5.41, 5.74) is 0.697. The Balaban J connectivity index is 0.000000261. The van der Waals surface area contributed by atoms with Crippen molar-refractivity contribution in [3.63, 3.8) is 0 Å². The molecule has 37 heavy (non-hydrogen) atoms. The van der Waals surface area contributed by atoms with E-state index in [1.54, 1.807) is 36.4 Å². The average molecular weight is 513 g/mol. The topological polar surface area (TPSA) is 93.1 Å². The van der Waals surface area contributed by atoms with Crippen LogP contribution in [0.25, 0.3) is 0 Å². The van der Waals surface area contributed by atoms with Gasteiger partial charge in [0.2, 0.25) is 0 Å². The molecule has 1 saturated carbocycles. The van der Waals surface area contributed by atoms with Crippen LogP contribution < -0.4 is 0 Å². The third-order valence-corrected chi connectivity index (χ3v) is 6.86. The Morgan fingerprint density at radius 1 is 0.946 bits per heavy atom. The molecule has 1 aliphatic carbocycles. The number of phenolic OH excluding ortho intramolecular Hbond substituents is 2. The van der Waals surface area contributed by atoms with Gasteiger partial charge in [0.1, 0.15) is 28.7 Å². The van der Waals surface area contributed by atoms with Crippen LogP contribution in [0.3, 0.4) is 0 Å². The van der Waals surface area contributed by atoms with Crippen molar-refractivity contribution in [2.45, 2.75) is 85.7 Å². The van der Waals surface area contributed by atoms with E-state index in [4.69, 9.17) is 9.47 Å². The Bertz CT molecular complexity index is 999. The fraction of sp³-hybridized carbons (Fsp3) is 0.548. The first-order valence-electron chi connectivity index (χ1n) is 13.5. The minimum atomic E-state index is -0.442. The molecule has 0 saturated heterocycles. The lowest BCUT2D eigenvalue weighted by Gasteiger charge is -2.38. The first-order chi connectivity index (χ1) is 17.6.